The van der Waals surface area contributed by atoms with Gasteiger partial charge in [0.1, 0.15) is 0 Å². The molecule has 42 heavy (non-hydrogen) atoms. The van der Waals surface area contributed by atoms with Crippen molar-refractivity contribution in [3.8, 4) is 0 Å². The van der Waals surface area contributed by atoms with Crippen molar-refractivity contribution in [1.82, 2.24) is 0 Å². The molecule has 0 saturated carbocycles. The van der Waals surface area contributed by atoms with Gasteiger partial charge in [0.25, 0.3) is 0 Å². The summed E-state index contributed by atoms with van der Waals surface area (Å²) in [5.74, 6) is 0. The highest BCUT2D eigenvalue weighted by Gasteiger charge is 2.50. The predicted molar refractivity (Wildman–Crippen MR) is 179 cm³/mol. The smallest absolute Gasteiger partial charge is 0.195 e. The van der Waals surface area contributed by atoms with Crippen molar-refractivity contribution in [2.45, 2.75) is 15.2 Å². The number of hydrogen-bond donors (Lipinski definition) is 0. The van der Waals surface area contributed by atoms with Crippen LogP contribution in [0.1, 0.15) is 32.7 Å². The molecule has 0 saturated heterocycles. The lowest BCUT2D eigenvalue weighted by Gasteiger charge is -2.49. The van der Waals surface area contributed by atoms with Crippen LogP contribution in [-0.2, 0) is 5.41 Å². The molecule has 0 atom stereocenters. The van der Waals surface area contributed by atoms with Crippen molar-refractivity contribution in [3.05, 3.63) is 171 Å². The molecule has 2 nitrogen and oxygen atoms in total. The van der Waals surface area contributed by atoms with Crippen molar-refractivity contribution in [2.24, 2.45) is 0 Å². The molecule has 0 bridgehead atoms. The molecule has 5 aromatic carbocycles. The van der Waals surface area contributed by atoms with E-state index in [0.717, 1.165) is 26.6 Å². The van der Waals surface area contributed by atoms with Gasteiger partial charge >= 0.3 is 0 Å². The third-order valence-corrected chi connectivity index (χ3v) is 10.8. The Morgan fingerprint density at radius 3 is 1.76 bits per heavy atom. The number of nitrogens with zero attached hydrogens (tertiary/aromatic N) is 1. The number of para-hydroxylation sites is 2. The van der Waals surface area contributed by atoms with Crippen molar-refractivity contribution in [3.63, 3.8) is 0 Å². The van der Waals surface area contributed by atoms with Crippen LogP contribution < -0.4 is 10.3 Å². The minimum absolute atomic E-state index is 0.00785. The molecule has 4 heteroatoms. The van der Waals surface area contributed by atoms with Gasteiger partial charge in [-0.05, 0) is 64.7 Å². The van der Waals surface area contributed by atoms with E-state index in [1.165, 1.54) is 32.0 Å². The maximum atomic E-state index is 13.3. The second-order valence-electron chi connectivity index (χ2n) is 10.5. The van der Waals surface area contributed by atoms with Crippen LogP contribution in [0.4, 0.5) is 17.1 Å². The first-order valence-corrected chi connectivity index (χ1v) is 15.5. The Labute approximate surface area is 252 Å². The van der Waals surface area contributed by atoms with Crippen molar-refractivity contribution in [1.29, 1.82) is 0 Å². The Morgan fingerprint density at radius 1 is 0.643 bits per heavy atom. The average Bonchev–Trinajstić information content (AvgIpc) is 3.04. The number of rotatable bonds is 3. The SMILES string of the molecule is C=Cc1sc2cc(N3c4ccccc4C4(c5ccccc5Sc5ccccc54)c4ccccc43)ccc2c(=O)c1C=C. The zero-order chi connectivity index (χ0) is 28.4. The molecular formula is C38H25NOS2. The molecule has 1 spiro atoms. The van der Waals surface area contributed by atoms with Gasteiger partial charge in [-0.3, -0.25) is 4.79 Å². The van der Waals surface area contributed by atoms with Gasteiger partial charge in [0.2, 0.25) is 0 Å². The van der Waals surface area contributed by atoms with Gasteiger partial charge in [0, 0.05) is 36.0 Å². The standard InChI is InChI=1S/C38H25NOS2/c1-3-25-33(4-2)41-36-23-24(21-22-26(36)37(25)40)39-31-17-9-5-13-27(31)38(28-14-6-10-18-32(28)39)29-15-7-11-19-34(29)42-35-20-12-8-16-30(35)38/h3-23H,1-2H2. The molecule has 1 aromatic heterocycles. The van der Waals surface area contributed by atoms with Crippen LogP contribution in [0, 0.1) is 0 Å². The summed E-state index contributed by atoms with van der Waals surface area (Å²) >= 11 is 3.43. The minimum atomic E-state index is -0.474. The van der Waals surface area contributed by atoms with Gasteiger partial charge < -0.3 is 4.90 Å². The van der Waals surface area contributed by atoms with Gasteiger partial charge in [0.05, 0.1) is 16.8 Å². The molecule has 6 aromatic rings. The summed E-state index contributed by atoms with van der Waals surface area (Å²) in [7, 11) is 0. The van der Waals surface area contributed by atoms with Crippen LogP contribution in [0.15, 0.2) is 143 Å². The Morgan fingerprint density at radius 2 is 1.19 bits per heavy atom. The Bertz CT molecular complexity index is 2060. The van der Waals surface area contributed by atoms with Gasteiger partial charge in [-0.25, -0.2) is 0 Å². The van der Waals surface area contributed by atoms with Crippen LogP contribution in [0.3, 0.4) is 0 Å². The fraction of sp³-hybridized carbons (Fsp3) is 0.0263. The monoisotopic (exact) mass is 575 g/mol. The summed E-state index contributed by atoms with van der Waals surface area (Å²) in [6.07, 6.45) is 3.39. The first kappa shape index (κ1) is 25.1. The van der Waals surface area contributed by atoms with Gasteiger partial charge in [-0.1, -0.05) is 110 Å². The molecule has 8 rings (SSSR count). The highest BCUT2D eigenvalue weighted by molar-refractivity contribution is 7.99. The fourth-order valence-electron chi connectivity index (χ4n) is 6.80. The molecule has 0 N–H and O–H groups in total. The summed E-state index contributed by atoms with van der Waals surface area (Å²) < 4.78 is 0.929. The van der Waals surface area contributed by atoms with E-state index >= 15 is 0 Å². The zero-order valence-electron chi connectivity index (χ0n) is 22.7. The molecule has 2 aliphatic heterocycles. The van der Waals surface area contributed by atoms with E-state index in [-0.39, 0.29) is 5.43 Å². The van der Waals surface area contributed by atoms with Crippen molar-refractivity contribution < 1.29 is 0 Å². The summed E-state index contributed by atoms with van der Waals surface area (Å²) in [6, 6.07) is 41.4. The average molecular weight is 576 g/mol. The second kappa shape index (κ2) is 9.45. The number of anilines is 3. The van der Waals surface area contributed by atoms with Gasteiger partial charge in [0.15, 0.2) is 5.43 Å². The quantitative estimate of drug-likeness (QED) is 0.209. The Hall–Kier alpha value is -4.64. The topological polar surface area (TPSA) is 20.3 Å². The van der Waals surface area contributed by atoms with E-state index in [9.17, 15) is 4.79 Å². The summed E-state index contributed by atoms with van der Waals surface area (Å²) in [5, 5.41) is 0.700. The van der Waals surface area contributed by atoms with Crippen LogP contribution >= 0.6 is 23.1 Å². The van der Waals surface area contributed by atoms with Crippen LogP contribution in [0.5, 0.6) is 0 Å². The molecule has 0 aliphatic carbocycles. The Kier molecular flexibility index (Phi) is 5.65. The molecule has 0 amide bonds. The molecule has 3 heterocycles. The largest absolute Gasteiger partial charge is 0.310 e. The maximum Gasteiger partial charge on any atom is 0.195 e. The lowest BCUT2D eigenvalue weighted by molar-refractivity contribution is 0.692. The maximum absolute atomic E-state index is 13.3. The van der Waals surface area contributed by atoms with E-state index < -0.39 is 5.41 Å². The van der Waals surface area contributed by atoms with Crippen LogP contribution in [0.2, 0.25) is 0 Å². The number of fused-ring (bicyclic) bond motifs is 9. The predicted octanol–water partition coefficient (Wildman–Crippen LogP) is 10.2. The summed E-state index contributed by atoms with van der Waals surface area (Å²) in [6.45, 7) is 7.83. The zero-order valence-corrected chi connectivity index (χ0v) is 24.3. The van der Waals surface area contributed by atoms with Crippen LogP contribution in [-0.4, -0.2) is 0 Å². The number of hydrogen-bond acceptors (Lipinski definition) is 4. The minimum Gasteiger partial charge on any atom is -0.310 e. The third kappa shape index (κ3) is 3.31. The van der Waals surface area contributed by atoms with E-state index in [4.69, 9.17) is 0 Å². The second-order valence-corrected chi connectivity index (χ2v) is 12.7. The summed E-state index contributed by atoms with van der Waals surface area (Å²) in [4.78, 5) is 19.1. The lowest BCUT2D eigenvalue weighted by atomic mass is 9.62. The van der Waals surface area contributed by atoms with E-state index in [1.54, 1.807) is 23.5 Å². The summed E-state index contributed by atoms with van der Waals surface area (Å²) in [5.41, 5.74) is 8.49. The molecule has 2 aliphatic rings. The first-order valence-electron chi connectivity index (χ1n) is 13.9. The molecule has 0 radical (unpaired) electrons. The van der Waals surface area contributed by atoms with Gasteiger partial charge in [-0.15, -0.1) is 11.3 Å². The highest BCUT2D eigenvalue weighted by atomic mass is 32.2. The van der Waals surface area contributed by atoms with Crippen LogP contribution in [0.25, 0.3) is 22.2 Å². The van der Waals surface area contributed by atoms with Gasteiger partial charge in [-0.2, -0.15) is 0 Å². The van der Waals surface area contributed by atoms with Crippen molar-refractivity contribution >= 4 is 62.4 Å². The number of benzene rings is 5. The lowest BCUT2D eigenvalue weighted by Crippen LogP contribution is -2.39. The van der Waals surface area contributed by atoms with Crippen molar-refractivity contribution in [2.75, 3.05) is 4.90 Å². The van der Waals surface area contributed by atoms with E-state index in [1.807, 2.05) is 17.8 Å². The Balaban J connectivity index is 1.46. The van der Waals surface area contributed by atoms with E-state index in [2.05, 4.69) is 127 Å². The third-order valence-electron chi connectivity index (χ3n) is 8.49. The fourth-order valence-corrected chi connectivity index (χ4v) is 9.05. The first-order chi connectivity index (χ1) is 20.7. The van der Waals surface area contributed by atoms with E-state index in [0.29, 0.717) is 10.9 Å². The molecule has 0 unspecified atom stereocenters. The highest BCUT2D eigenvalue weighted by Crippen LogP contribution is 2.62. The molecule has 200 valence electrons. The molecular weight excluding hydrogens is 551 g/mol. The molecule has 0 fully saturated rings. The normalized spacial score (nSPS) is 14.0.